The number of rotatable bonds is 2. The smallest absolute Gasteiger partial charge is 0.294 e. The Labute approximate surface area is 130 Å². The van der Waals surface area contributed by atoms with E-state index in [1.165, 1.54) is 5.06 Å². The molecule has 6 heteroatoms. The van der Waals surface area contributed by atoms with E-state index in [1.54, 1.807) is 6.92 Å². The molecule has 0 radical (unpaired) electrons. The second-order valence-corrected chi connectivity index (χ2v) is 6.02. The van der Waals surface area contributed by atoms with Crippen molar-refractivity contribution in [2.75, 3.05) is 19.7 Å². The van der Waals surface area contributed by atoms with Crippen LogP contribution < -0.4 is 0 Å². The molecule has 1 aromatic rings. The van der Waals surface area contributed by atoms with Crippen molar-refractivity contribution in [1.82, 2.24) is 14.5 Å². The molecule has 2 saturated heterocycles. The summed E-state index contributed by atoms with van der Waals surface area (Å²) in [6.07, 6.45) is 3.99. The summed E-state index contributed by atoms with van der Waals surface area (Å²) >= 11 is 0. The Bertz CT molecular complexity index is 575. The number of hydrogen-bond donors (Lipinski definition) is 0. The van der Waals surface area contributed by atoms with E-state index >= 15 is 0 Å². The van der Waals surface area contributed by atoms with Gasteiger partial charge in [0, 0.05) is 26.2 Å². The van der Waals surface area contributed by atoms with Gasteiger partial charge in [0.2, 0.25) is 5.91 Å². The normalized spacial score (nSPS) is 22.2. The van der Waals surface area contributed by atoms with Crippen LogP contribution in [-0.4, -0.2) is 46.0 Å². The van der Waals surface area contributed by atoms with Crippen LogP contribution in [0.3, 0.4) is 0 Å². The maximum atomic E-state index is 12.5. The molecule has 1 aromatic heterocycles. The van der Waals surface area contributed by atoms with E-state index < -0.39 is 0 Å². The standard InChI is InChI=1S/C16H23N3O3/c1-12(20)18-9-4-3-6-14(18)13-7-8-15(17(13)2)16(21)19-10-5-11-22-19/h7-8,14H,3-6,9-11H2,1-2H3/t14-/m0/s1. The lowest BCUT2D eigenvalue weighted by molar-refractivity contribution is -0.132. The summed E-state index contributed by atoms with van der Waals surface area (Å²) in [4.78, 5) is 31.6. The lowest BCUT2D eigenvalue weighted by Crippen LogP contribution is -2.38. The van der Waals surface area contributed by atoms with Crippen LogP contribution in [0.5, 0.6) is 0 Å². The van der Waals surface area contributed by atoms with Gasteiger partial charge in [-0.25, -0.2) is 5.06 Å². The van der Waals surface area contributed by atoms with Crippen molar-refractivity contribution in [2.45, 2.75) is 38.6 Å². The summed E-state index contributed by atoms with van der Waals surface area (Å²) in [5.74, 6) is -0.00177. The molecule has 0 saturated carbocycles. The molecule has 2 aliphatic rings. The van der Waals surface area contributed by atoms with Crippen LogP contribution in [0.15, 0.2) is 12.1 Å². The summed E-state index contributed by atoms with van der Waals surface area (Å²) in [6.45, 7) is 3.65. The first-order valence-corrected chi connectivity index (χ1v) is 7.97. The molecule has 2 aliphatic heterocycles. The number of aromatic nitrogens is 1. The second-order valence-electron chi connectivity index (χ2n) is 6.02. The number of amides is 2. The summed E-state index contributed by atoms with van der Waals surface area (Å²) in [7, 11) is 1.89. The highest BCUT2D eigenvalue weighted by atomic mass is 16.7. The van der Waals surface area contributed by atoms with Gasteiger partial charge in [-0.05, 0) is 37.8 Å². The monoisotopic (exact) mass is 305 g/mol. The Morgan fingerprint density at radius 2 is 2.00 bits per heavy atom. The average molecular weight is 305 g/mol. The SMILES string of the molecule is CC(=O)N1CCCC[C@H]1c1ccc(C(=O)N2CCCO2)n1C. The van der Waals surface area contributed by atoms with Gasteiger partial charge in [0.1, 0.15) is 5.69 Å². The molecule has 120 valence electrons. The summed E-state index contributed by atoms with van der Waals surface area (Å²) in [5.41, 5.74) is 1.64. The van der Waals surface area contributed by atoms with Crippen LogP contribution >= 0.6 is 0 Å². The minimum atomic E-state index is -0.101. The lowest BCUT2D eigenvalue weighted by atomic mass is 9.99. The third-order valence-electron chi connectivity index (χ3n) is 4.61. The van der Waals surface area contributed by atoms with Gasteiger partial charge in [-0.1, -0.05) is 0 Å². The van der Waals surface area contributed by atoms with Crippen molar-refractivity contribution < 1.29 is 14.4 Å². The minimum Gasteiger partial charge on any atom is -0.342 e. The van der Waals surface area contributed by atoms with Gasteiger partial charge in [-0.2, -0.15) is 0 Å². The van der Waals surface area contributed by atoms with Gasteiger partial charge >= 0.3 is 0 Å². The van der Waals surface area contributed by atoms with Crippen LogP contribution in [-0.2, 0) is 16.7 Å². The first-order chi connectivity index (χ1) is 10.6. The Morgan fingerprint density at radius 1 is 1.18 bits per heavy atom. The van der Waals surface area contributed by atoms with Crippen molar-refractivity contribution in [1.29, 1.82) is 0 Å². The first kappa shape index (κ1) is 15.1. The Kier molecular flexibility index (Phi) is 4.20. The van der Waals surface area contributed by atoms with E-state index in [0.29, 0.717) is 18.8 Å². The van der Waals surface area contributed by atoms with Crippen LogP contribution in [0, 0.1) is 0 Å². The molecule has 3 rings (SSSR count). The zero-order chi connectivity index (χ0) is 15.7. The molecule has 0 N–H and O–H groups in total. The molecule has 0 unspecified atom stereocenters. The summed E-state index contributed by atoms with van der Waals surface area (Å²) < 4.78 is 1.91. The van der Waals surface area contributed by atoms with E-state index in [2.05, 4.69) is 0 Å². The Morgan fingerprint density at radius 3 is 2.68 bits per heavy atom. The molecule has 2 fully saturated rings. The molecule has 0 aromatic carbocycles. The summed E-state index contributed by atoms with van der Waals surface area (Å²) in [6, 6.07) is 3.87. The van der Waals surface area contributed by atoms with Crippen LogP contribution in [0.2, 0.25) is 0 Å². The number of nitrogens with zero attached hydrogens (tertiary/aromatic N) is 3. The van der Waals surface area contributed by atoms with Crippen LogP contribution in [0.1, 0.15) is 54.8 Å². The molecule has 1 atom stereocenters. The fraction of sp³-hybridized carbons (Fsp3) is 0.625. The number of hydroxylamine groups is 2. The molecule has 0 bridgehead atoms. The van der Waals surface area contributed by atoms with Gasteiger partial charge in [0.15, 0.2) is 0 Å². The fourth-order valence-corrected chi connectivity index (χ4v) is 3.43. The molecule has 0 spiro atoms. The van der Waals surface area contributed by atoms with Crippen LogP contribution in [0.25, 0.3) is 0 Å². The zero-order valence-electron chi connectivity index (χ0n) is 13.2. The topological polar surface area (TPSA) is 54.8 Å². The molecule has 6 nitrogen and oxygen atoms in total. The van der Waals surface area contributed by atoms with E-state index in [0.717, 1.165) is 37.9 Å². The van der Waals surface area contributed by atoms with Crippen molar-refractivity contribution in [3.05, 3.63) is 23.5 Å². The van der Waals surface area contributed by atoms with Crippen molar-refractivity contribution in [3.8, 4) is 0 Å². The predicted molar refractivity (Wildman–Crippen MR) is 81.0 cm³/mol. The van der Waals surface area contributed by atoms with Gasteiger partial charge in [0.05, 0.1) is 19.2 Å². The predicted octanol–water partition coefficient (Wildman–Crippen LogP) is 1.88. The van der Waals surface area contributed by atoms with E-state index in [-0.39, 0.29) is 17.9 Å². The lowest BCUT2D eigenvalue weighted by Gasteiger charge is -2.35. The molecular formula is C16H23N3O3. The van der Waals surface area contributed by atoms with E-state index in [1.807, 2.05) is 28.6 Å². The Balaban J connectivity index is 1.85. The fourth-order valence-electron chi connectivity index (χ4n) is 3.43. The highest BCUT2D eigenvalue weighted by molar-refractivity contribution is 5.92. The van der Waals surface area contributed by atoms with Gasteiger partial charge in [-0.3, -0.25) is 14.4 Å². The molecular weight excluding hydrogens is 282 g/mol. The second kappa shape index (κ2) is 6.12. The van der Waals surface area contributed by atoms with Crippen molar-refractivity contribution >= 4 is 11.8 Å². The largest absolute Gasteiger partial charge is 0.342 e. The van der Waals surface area contributed by atoms with Gasteiger partial charge in [-0.15, -0.1) is 0 Å². The van der Waals surface area contributed by atoms with Gasteiger partial charge < -0.3 is 9.47 Å². The minimum absolute atomic E-state index is 0.0669. The highest BCUT2D eigenvalue weighted by Gasteiger charge is 2.30. The van der Waals surface area contributed by atoms with Crippen molar-refractivity contribution in [2.24, 2.45) is 7.05 Å². The molecule has 22 heavy (non-hydrogen) atoms. The number of carbonyl (C=O) groups is 2. The highest BCUT2D eigenvalue weighted by Crippen LogP contribution is 2.32. The molecule has 0 aliphatic carbocycles. The maximum Gasteiger partial charge on any atom is 0.294 e. The zero-order valence-corrected chi connectivity index (χ0v) is 13.2. The number of hydrogen-bond acceptors (Lipinski definition) is 3. The van der Waals surface area contributed by atoms with Gasteiger partial charge in [0.25, 0.3) is 5.91 Å². The summed E-state index contributed by atoms with van der Waals surface area (Å²) in [5, 5.41) is 1.43. The number of likely N-dealkylation sites (tertiary alicyclic amines) is 1. The third kappa shape index (κ3) is 2.63. The first-order valence-electron chi connectivity index (χ1n) is 7.97. The van der Waals surface area contributed by atoms with Crippen molar-refractivity contribution in [3.63, 3.8) is 0 Å². The van der Waals surface area contributed by atoms with E-state index in [9.17, 15) is 9.59 Å². The quantitative estimate of drug-likeness (QED) is 0.838. The third-order valence-corrected chi connectivity index (χ3v) is 4.61. The van der Waals surface area contributed by atoms with E-state index in [4.69, 9.17) is 4.84 Å². The Hall–Kier alpha value is -1.82. The maximum absolute atomic E-state index is 12.5. The number of carbonyl (C=O) groups excluding carboxylic acids is 2. The number of piperidine rings is 1. The molecule has 2 amide bonds. The molecule has 3 heterocycles. The van der Waals surface area contributed by atoms with Crippen LogP contribution in [0.4, 0.5) is 0 Å². The average Bonchev–Trinajstić information content (AvgIpc) is 3.16.